The van der Waals surface area contributed by atoms with Crippen LogP contribution in [0.25, 0.3) is 0 Å². The van der Waals surface area contributed by atoms with E-state index in [9.17, 15) is 4.79 Å². The predicted octanol–water partition coefficient (Wildman–Crippen LogP) is 4.00. The molecule has 2 aromatic carbocycles. The van der Waals surface area contributed by atoms with Gasteiger partial charge in [0, 0.05) is 12.2 Å². The summed E-state index contributed by atoms with van der Waals surface area (Å²) >= 11 is 0. The number of para-hydroxylation sites is 2. The summed E-state index contributed by atoms with van der Waals surface area (Å²) < 4.78 is 5.98. The molecule has 1 atom stereocenters. The Morgan fingerprint density at radius 1 is 1.17 bits per heavy atom. The number of anilines is 1. The number of hydrogen-bond donors (Lipinski definition) is 0. The zero-order chi connectivity index (χ0) is 16.2. The van der Waals surface area contributed by atoms with Crippen LogP contribution in [0.4, 0.5) is 5.69 Å². The van der Waals surface area contributed by atoms with Gasteiger partial charge in [-0.05, 0) is 49.4 Å². The van der Waals surface area contributed by atoms with Gasteiger partial charge in [-0.3, -0.25) is 4.79 Å². The number of amides is 1. The summed E-state index contributed by atoms with van der Waals surface area (Å²) in [5.41, 5.74) is 3.41. The lowest BCUT2D eigenvalue weighted by Crippen LogP contribution is -2.43. The lowest BCUT2D eigenvalue weighted by atomic mass is 10.0. The van der Waals surface area contributed by atoms with Gasteiger partial charge >= 0.3 is 0 Å². The van der Waals surface area contributed by atoms with Gasteiger partial charge in [-0.25, -0.2) is 0 Å². The van der Waals surface area contributed by atoms with Crippen LogP contribution in [-0.4, -0.2) is 18.6 Å². The average Bonchev–Trinajstić information content (AvgIpc) is 2.61. The van der Waals surface area contributed by atoms with E-state index in [0.717, 1.165) is 42.8 Å². The summed E-state index contributed by atoms with van der Waals surface area (Å²) in [6, 6.07) is 16.1. The molecule has 0 N–H and O–H groups in total. The molecule has 23 heavy (non-hydrogen) atoms. The molecule has 0 unspecified atom stereocenters. The van der Waals surface area contributed by atoms with E-state index in [-0.39, 0.29) is 5.91 Å². The Balaban J connectivity index is 1.78. The molecule has 0 aromatic heterocycles. The molecule has 2 aromatic rings. The van der Waals surface area contributed by atoms with Crippen LogP contribution in [0.15, 0.2) is 48.5 Å². The molecule has 3 heteroatoms. The molecule has 0 aliphatic carbocycles. The SMILES string of the molecule is CCc1ccccc1O[C@@H](C)C(=O)N1CCCc2ccccc21. The summed E-state index contributed by atoms with van der Waals surface area (Å²) in [6.07, 6.45) is 2.44. The quantitative estimate of drug-likeness (QED) is 0.854. The third-order valence-corrected chi connectivity index (χ3v) is 4.38. The topological polar surface area (TPSA) is 29.5 Å². The second-order valence-electron chi connectivity index (χ2n) is 5.94. The van der Waals surface area contributed by atoms with Crippen LogP contribution in [0.2, 0.25) is 0 Å². The molecular formula is C20H23NO2. The van der Waals surface area contributed by atoms with E-state index in [1.54, 1.807) is 0 Å². The number of nitrogens with zero attached hydrogens (tertiary/aromatic N) is 1. The maximum Gasteiger partial charge on any atom is 0.267 e. The fourth-order valence-electron chi connectivity index (χ4n) is 3.13. The highest BCUT2D eigenvalue weighted by atomic mass is 16.5. The number of aryl methyl sites for hydroxylation is 2. The zero-order valence-electron chi connectivity index (χ0n) is 13.8. The average molecular weight is 309 g/mol. The van der Waals surface area contributed by atoms with E-state index in [4.69, 9.17) is 4.74 Å². The smallest absolute Gasteiger partial charge is 0.267 e. The summed E-state index contributed by atoms with van der Waals surface area (Å²) in [4.78, 5) is 14.7. The Hall–Kier alpha value is -2.29. The predicted molar refractivity (Wildman–Crippen MR) is 93.0 cm³/mol. The third-order valence-electron chi connectivity index (χ3n) is 4.38. The Morgan fingerprint density at radius 2 is 1.91 bits per heavy atom. The molecule has 0 bridgehead atoms. The van der Waals surface area contributed by atoms with Gasteiger partial charge in [-0.2, -0.15) is 0 Å². The maximum atomic E-state index is 12.9. The maximum absolute atomic E-state index is 12.9. The fraction of sp³-hybridized carbons (Fsp3) is 0.350. The molecule has 3 rings (SSSR count). The van der Waals surface area contributed by atoms with Crippen molar-refractivity contribution in [3.05, 3.63) is 59.7 Å². The lowest BCUT2D eigenvalue weighted by molar-refractivity contribution is -0.124. The summed E-state index contributed by atoms with van der Waals surface area (Å²) in [6.45, 7) is 4.69. The van der Waals surface area contributed by atoms with Crippen LogP contribution in [0.5, 0.6) is 5.75 Å². The molecule has 1 heterocycles. The van der Waals surface area contributed by atoms with Crippen LogP contribution in [0.3, 0.4) is 0 Å². The van der Waals surface area contributed by atoms with Gasteiger partial charge in [-0.1, -0.05) is 43.3 Å². The Bertz CT molecular complexity index is 696. The minimum absolute atomic E-state index is 0.0306. The highest BCUT2D eigenvalue weighted by Gasteiger charge is 2.27. The van der Waals surface area contributed by atoms with Crippen LogP contribution in [-0.2, 0) is 17.6 Å². The van der Waals surface area contributed by atoms with Crippen molar-refractivity contribution in [1.29, 1.82) is 0 Å². The minimum Gasteiger partial charge on any atom is -0.481 e. The number of rotatable bonds is 4. The molecule has 0 spiro atoms. The van der Waals surface area contributed by atoms with Gasteiger partial charge in [-0.15, -0.1) is 0 Å². The Kier molecular flexibility index (Phi) is 4.65. The molecule has 0 saturated heterocycles. The molecule has 1 aliphatic rings. The van der Waals surface area contributed by atoms with Crippen molar-refractivity contribution in [3.63, 3.8) is 0 Å². The molecule has 1 aliphatic heterocycles. The van der Waals surface area contributed by atoms with E-state index in [1.165, 1.54) is 5.56 Å². The summed E-state index contributed by atoms with van der Waals surface area (Å²) in [5.74, 6) is 0.837. The summed E-state index contributed by atoms with van der Waals surface area (Å²) in [5, 5.41) is 0. The van der Waals surface area contributed by atoms with Crippen LogP contribution in [0.1, 0.15) is 31.4 Å². The number of benzene rings is 2. The second kappa shape index (κ2) is 6.86. The molecule has 0 radical (unpaired) electrons. The Morgan fingerprint density at radius 3 is 2.74 bits per heavy atom. The van der Waals surface area contributed by atoms with E-state index in [1.807, 2.05) is 54.3 Å². The Labute approximate surface area is 137 Å². The molecule has 1 amide bonds. The van der Waals surface area contributed by atoms with Crippen molar-refractivity contribution in [1.82, 2.24) is 0 Å². The lowest BCUT2D eigenvalue weighted by Gasteiger charge is -2.31. The third kappa shape index (κ3) is 3.24. The van der Waals surface area contributed by atoms with E-state index in [2.05, 4.69) is 13.0 Å². The summed E-state index contributed by atoms with van der Waals surface area (Å²) in [7, 11) is 0. The second-order valence-corrected chi connectivity index (χ2v) is 5.94. The first kappa shape index (κ1) is 15.6. The monoisotopic (exact) mass is 309 g/mol. The number of hydrogen-bond acceptors (Lipinski definition) is 2. The highest BCUT2D eigenvalue weighted by molar-refractivity contribution is 5.97. The van der Waals surface area contributed by atoms with Gasteiger partial charge in [0.15, 0.2) is 6.10 Å². The number of fused-ring (bicyclic) bond motifs is 1. The molecule has 3 nitrogen and oxygen atoms in total. The van der Waals surface area contributed by atoms with Gasteiger partial charge in [0.05, 0.1) is 0 Å². The van der Waals surface area contributed by atoms with Gasteiger partial charge in [0.1, 0.15) is 5.75 Å². The largest absolute Gasteiger partial charge is 0.481 e. The number of carbonyl (C=O) groups excluding carboxylic acids is 1. The van der Waals surface area contributed by atoms with Crippen molar-refractivity contribution in [2.75, 3.05) is 11.4 Å². The zero-order valence-corrected chi connectivity index (χ0v) is 13.8. The van der Waals surface area contributed by atoms with Gasteiger partial charge < -0.3 is 9.64 Å². The van der Waals surface area contributed by atoms with Crippen molar-refractivity contribution >= 4 is 11.6 Å². The number of carbonyl (C=O) groups is 1. The van der Waals surface area contributed by atoms with E-state index >= 15 is 0 Å². The highest BCUT2D eigenvalue weighted by Crippen LogP contribution is 2.28. The number of ether oxygens (including phenoxy) is 1. The molecule has 0 saturated carbocycles. The van der Waals surface area contributed by atoms with Crippen molar-refractivity contribution in [2.24, 2.45) is 0 Å². The minimum atomic E-state index is -0.492. The first-order chi connectivity index (χ1) is 11.2. The standard InChI is InChI=1S/C20H23NO2/c1-3-16-9-5-7-13-19(16)23-15(2)20(22)21-14-8-11-17-10-4-6-12-18(17)21/h4-7,9-10,12-13,15H,3,8,11,14H2,1-2H3/t15-/m0/s1. The van der Waals surface area contributed by atoms with Crippen molar-refractivity contribution < 1.29 is 9.53 Å². The van der Waals surface area contributed by atoms with E-state index < -0.39 is 6.10 Å². The van der Waals surface area contributed by atoms with Crippen LogP contribution in [0, 0.1) is 0 Å². The first-order valence-electron chi connectivity index (χ1n) is 8.34. The van der Waals surface area contributed by atoms with Crippen LogP contribution < -0.4 is 9.64 Å². The fourth-order valence-corrected chi connectivity index (χ4v) is 3.13. The van der Waals surface area contributed by atoms with Crippen LogP contribution >= 0.6 is 0 Å². The van der Waals surface area contributed by atoms with Gasteiger partial charge in [0.2, 0.25) is 0 Å². The molecule has 120 valence electrons. The van der Waals surface area contributed by atoms with Gasteiger partial charge in [0.25, 0.3) is 5.91 Å². The normalized spacial score (nSPS) is 15.0. The van der Waals surface area contributed by atoms with Crippen molar-refractivity contribution in [3.8, 4) is 5.75 Å². The van der Waals surface area contributed by atoms with E-state index in [0.29, 0.717) is 0 Å². The first-order valence-corrected chi connectivity index (χ1v) is 8.34. The molecule has 0 fully saturated rings. The molecular weight excluding hydrogens is 286 g/mol. The van der Waals surface area contributed by atoms with Crippen molar-refractivity contribution in [2.45, 2.75) is 39.2 Å².